The second-order valence-electron chi connectivity index (χ2n) is 6.49. The molecule has 0 aliphatic heterocycles. The summed E-state index contributed by atoms with van der Waals surface area (Å²) >= 11 is 1.75. The fraction of sp³-hybridized carbons (Fsp3) is 0.263. The van der Waals surface area contributed by atoms with E-state index in [0.29, 0.717) is 17.9 Å². The minimum atomic E-state index is -0.291. The lowest BCUT2D eigenvalue weighted by molar-refractivity contribution is 0.0940. The number of hydrogen-bond donors (Lipinski definition) is 1. The number of carbonyl (C=O) groups excluding carboxylic acids is 1. The number of rotatable bonds is 5. The monoisotopic (exact) mass is 355 g/mol. The molecule has 1 fully saturated rings. The van der Waals surface area contributed by atoms with Crippen molar-refractivity contribution in [2.45, 2.75) is 18.3 Å². The molecule has 1 aliphatic rings. The molecule has 3 aromatic rings. The van der Waals surface area contributed by atoms with E-state index < -0.39 is 0 Å². The van der Waals surface area contributed by atoms with E-state index in [1.165, 1.54) is 17.0 Å². The van der Waals surface area contributed by atoms with Gasteiger partial charge in [-0.15, -0.1) is 11.3 Å². The van der Waals surface area contributed by atoms with Gasteiger partial charge in [-0.1, -0.05) is 6.07 Å². The third-order valence-electron chi connectivity index (χ3n) is 4.74. The maximum atomic E-state index is 13.1. The summed E-state index contributed by atoms with van der Waals surface area (Å²) in [6.07, 6.45) is 2.22. The van der Waals surface area contributed by atoms with Crippen molar-refractivity contribution < 1.29 is 9.18 Å². The Morgan fingerprint density at radius 1 is 1.32 bits per heavy atom. The van der Waals surface area contributed by atoms with Gasteiger partial charge in [0.05, 0.1) is 5.69 Å². The van der Waals surface area contributed by atoms with Gasteiger partial charge in [0, 0.05) is 29.4 Å². The molecule has 0 spiro atoms. The number of aromatic nitrogens is 2. The van der Waals surface area contributed by atoms with Crippen molar-refractivity contribution >= 4 is 17.2 Å². The van der Waals surface area contributed by atoms with Crippen LogP contribution in [0.25, 0.3) is 11.3 Å². The van der Waals surface area contributed by atoms with Crippen molar-refractivity contribution in [3.63, 3.8) is 0 Å². The topological polar surface area (TPSA) is 46.9 Å². The smallest absolute Gasteiger partial charge is 0.269 e. The maximum Gasteiger partial charge on any atom is 0.269 e. The second-order valence-corrected chi connectivity index (χ2v) is 7.43. The third kappa shape index (κ3) is 3.09. The maximum absolute atomic E-state index is 13.1. The first-order valence-electron chi connectivity index (χ1n) is 8.20. The van der Waals surface area contributed by atoms with Crippen LogP contribution < -0.4 is 5.32 Å². The van der Waals surface area contributed by atoms with E-state index in [9.17, 15) is 9.18 Å². The average molecular weight is 355 g/mol. The van der Waals surface area contributed by atoms with Gasteiger partial charge in [0.1, 0.15) is 11.5 Å². The summed E-state index contributed by atoms with van der Waals surface area (Å²) in [6, 6.07) is 12.0. The van der Waals surface area contributed by atoms with Gasteiger partial charge in [0.2, 0.25) is 0 Å². The number of halogens is 1. The van der Waals surface area contributed by atoms with Gasteiger partial charge in [0.15, 0.2) is 0 Å². The van der Waals surface area contributed by atoms with Gasteiger partial charge in [-0.05, 0) is 54.6 Å². The van der Waals surface area contributed by atoms with Crippen LogP contribution >= 0.6 is 11.3 Å². The first kappa shape index (κ1) is 16.0. The molecule has 4 rings (SSSR count). The quantitative estimate of drug-likeness (QED) is 0.758. The van der Waals surface area contributed by atoms with E-state index in [-0.39, 0.29) is 17.1 Å². The number of hydrogen-bond acceptors (Lipinski definition) is 3. The SMILES string of the molecule is Cn1nc(-c2ccc(F)cc2)cc1C(=O)NCC1(c2cccs2)CC1. The summed E-state index contributed by atoms with van der Waals surface area (Å²) in [7, 11) is 1.74. The summed E-state index contributed by atoms with van der Waals surface area (Å²) < 4.78 is 14.6. The molecule has 1 aromatic carbocycles. The minimum Gasteiger partial charge on any atom is -0.350 e. The molecule has 1 N–H and O–H groups in total. The van der Waals surface area contributed by atoms with E-state index >= 15 is 0 Å². The lowest BCUT2D eigenvalue weighted by atomic mass is 10.1. The van der Waals surface area contributed by atoms with E-state index in [2.05, 4.69) is 27.9 Å². The van der Waals surface area contributed by atoms with Crippen LogP contribution in [0.2, 0.25) is 0 Å². The number of amides is 1. The summed E-state index contributed by atoms with van der Waals surface area (Å²) in [4.78, 5) is 13.9. The number of thiophene rings is 1. The largest absolute Gasteiger partial charge is 0.350 e. The Morgan fingerprint density at radius 3 is 2.72 bits per heavy atom. The summed E-state index contributed by atoms with van der Waals surface area (Å²) in [5.41, 5.74) is 2.06. The van der Waals surface area contributed by atoms with Gasteiger partial charge in [-0.25, -0.2) is 4.39 Å². The van der Waals surface area contributed by atoms with Crippen molar-refractivity contribution in [1.29, 1.82) is 0 Å². The standard InChI is InChI=1S/C19H18FN3OS/c1-23-16(11-15(22-23)13-4-6-14(20)7-5-13)18(24)21-12-19(8-9-19)17-3-2-10-25-17/h2-7,10-11H,8-9,12H2,1H3,(H,21,24). The van der Waals surface area contributed by atoms with Crippen LogP contribution in [-0.4, -0.2) is 22.2 Å². The van der Waals surface area contributed by atoms with Crippen molar-refractivity contribution in [3.8, 4) is 11.3 Å². The molecule has 25 heavy (non-hydrogen) atoms. The predicted octanol–water partition coefficient (Wildman–Crippen LogP) is 3.75. The van der Waals surface area contributed by atoms with E-state index in [0.717, 1.165) is 18.4 Å². The highest BCUT2D eigenvalue weighted by atomic mass is 32.1. The highest BCUT2D eigenvalue weighted by Crippen LogP contribution is 2.49. The number of benzene rings is 1. The molecule has 6 heteroatoms. The summed E-state index contributed by atoms with van der Waals surface area (Å²) in [6.45, 7) is 0.642. The Bertz CT molecular complexity index is 895. The molecule has 0 unspecified atom stereocenters. The molecule has 0 saturated heterocycles. The van der Waals surface area contributed by atoms with Crippen LogP contribution in [0.15, 0.2) is 47.8 Å². The number of aryl methyl sites for hydroxylation is 1. The molecular weight excluding hydrogens is 337 g/mol. The average Bonchev–Trinajstić information content (AvgIpc) is 3.02. The van der Waals surface area contributed by atoms with Crippen LogP contribution in [0.4, 0.5) is 4.39 Å². The number of carbonyl (C=O) groups is 1. The Balaban J connectivity index is 1.48. The van der Waals surface area contributed by atoms with E-state index in [1.54, 1.807) is 41.3 Å². The lowest BCUT2D eigenvalue weighted by Gasteiger charge is -2.14. The molecule has 4 nitrogen and oxygen atoms in total. The third-order valence-corrected chi connectivity index (χ3v) is 5.85. The van der Waals surface area contributed by atoms with Gasteiger partial charge in [0.25, 0.3) is 5.91 Å². The Morgan fingerprint density at radius 2 is 2.08 bits per heavy atom. The fourth-order valence-corrected chi connectivity index (χ4v) is 4.01. The molecule has 1 aliphatic carbocycles. The van der Waals surface area contributed by atoms with Gasteiger partial charge >= 0.3 is 0 Å². The molecule has 0 radical (unpaired) electrons. The highest BCUT2D eigenvalue weighted by Gasteiger charge is 2.45. The zero-order valence-corrected chi connectivity index (χ0v) is 14.6. The fourth-order valence-electron chi connectivity index (χ4n) is 3.02. The lowest BCUT2D eigenvalue weighted by Crippen LogP contribution is -2.32. The van der Waals surface area contributed by atoms with Crippen LogP contribution in [0.3, 0.4) is 0 Å². The molecule has 2 aromatic heterocycles. The predicted molar refractivity (Wildman–Crippen MR) is 96.2 cm³/mol. The van der Waals surface area contributed by atoms with Crippen LogP contribution in [0, 0.1) is 5.82 Å². The summed E-state index contributed by atoms with van der Waals surface area (Å²) in [5, 5.41) is 9.51. The molecule has 2 heterocycles. The zero-order valence-electron chi connectivity index (χ0n) is 13.8. The normalized spacial score (nSPS) is 15.1. The zero-order chi connectivity index (χ0) is 17.4. The van der Waals surface area contributed by atoms with Crippen LogP contribution in [-0.2, 0) is 12.5 Å². The molecule has 0 bridgehead atoms. The Hall–Kier alpha value is -2.47. The number of nitrogens with zero attached hydrogens (tertiary/aromatic N) is 2. The van der Waals surface area contributed by atoms with E-state index in [1.807, 2.05) is 0 Å². The molecule has 128 valence electrons. The summed E-state index contributed by atoms with van der Waals surface area (Å²) in [5.74, 6) is -0.424. The van der Waals surface area contributed by atoms with Gasteiger partial charge in [-0.2, -0.15) is 5.10 Å². The molecule has 1 saturated carbocycles. The van der Waals surface area contributed by atoms with Crippen LogP contribution in [0.1, 0.15) is 28.2 Å². The van der Waals surface area contributed by atoms with Crippen LogP contribution in [0.5, 0.6) is 0 Å². The number of nitrogens with one attached hydrogen (secondary N) is 1. The molecular formula is C19H18FN3OS. The van der Waals surface area contributed by atoms with Crippen molar-refractivity contribution in [2.24, 2.45) is 7.05 Å². The van der Waals surface area contributed by atoms with E-state index in [4.69, 9.17) is 0 Å². The molecule has 0 atom stereocenters. The Kier molecular flexibility index (Phi) is 3.92. The van der Waals surface area contributed by atoms with Gasteiger partial charge < -0.3 is 5.32 Å². The van der Waals surface area contributed by atoms with Gasteiger partial charge in [-0.3, -0.25) is 9.48 Å². The minimum absolute atomic E-state index is 0.113. The van der Waals surface area contributed by atoms with Crippen molar-refractivity contribution in [1.82, 2.24) is 15.1 Å². The molecule has 1 amide bonds. The van der Waals surface area contributed by atoms with Crippen molar-refractivity contribution in [3.05, 3.63) is 64.2 Å². The Labute approximate surface area is 149 Å². The van der Waals surface area contributed by atoms with Crippen molar-refractivity contribution in [2.75, 3.05) is 6.54 Å². The highest BCUT2D eigenvalue weighted by molar-refractivity contribution is 7.10. The second kappa shape index (κ2) is 6.11. The first-order valence-corrected chi connectivity index (χ1v) is 9.08. The first-order chi connectivity index (χ1) is 12.1.